The van der Waals surface area contributed by atoms with Crippen LogP contribution in [0.3, 0.4) is 0 Å². The minimum Gasteiger partial charge on any atom is -0.353 e. The Bertz CT molecular complexity index is 590. The molecule has 3 nitrogen and oxygen atoms in total. The molecule has 0 spiro atoms. The zero-order chi connectivity index (χ0) is 13.9. The van der Waals surface area contributed by atoms with Gasteiger partial charge in [-0.3, -0.25) is 0 Å². The van der Waals surface area contributed by atoms with Crippen molar-refractivity contribution in [1.29, 1.82) is 0 Å². The average Bonchev–Trinajstić information content (AvgIpc) is 3.29. The molecule has 3 rings (SSSR count). The lowest BCUT2D eigenvalue weighted by Gasteiger charge is -2.25. The van der Waals surface area contributed by atoms with Crippen molar-refractivity contribution in [3.8, 4) is 0 Å². The largest absolute Gasteiger partial charge is 0.353 e. The monoisotopic (exact) mass is 269 g/mol. The van der Waals surface area contributed by atoms with E-state index in [1.807, 2.05) is 7.05 Å². The molecule has 3 heteroatoms. The van der Waals surface area contributed by atoms with E-state index in [1.165, 1.54) is 35.9 Å². The van der Waals surface area contributed by atoms with Crippen molar-refractivity contribution in [3.05, 3.63) is 36.0 Å². The van der Waals surface area contributed by atoms with Crippen molar-refractivity contribution in [2.75, 3.05) is 18.5 Å². The van der Waals surface area contributed by atoms with Gasteiger partial charge in [-0.1, -0.05) is 31.2 Å². The number of hydrogen-bond donors (Lipinski definition) is 1. The average molecular weight is 269 g/mol. The van der Waals surface area contributed by atoms with E-state index in [-0.39, 0.29) is 0 Å². The summed E-state index contributed by atoms with van der Waals surface area (Å²) in [5, 5.41) is 5.79. The summed E-state index contributed by atoms with van der Waals surface area (Å²) in [5.41, 5.74) is 1.13. The molecule has 1 N–H and O–H groups in total. The van der Waals surface area contributed by atoms with Gasteiger partial charge in [0.15, 0.2) is 0 Å². The van der Waals surface area contributed by atoms with Crippen molar-refractivity contribution >= 4 is 16.6 Å². The van der Waals surface area contributed by atoms with Crippen molar-refractivity contribution < 1.29 is 0 Å². The molecule has 2 aromatic rings. The normalized spacial score (nSPS) is 14.7. The molecule has 0 saturated heterocycles. The Morgan fingerprint density at radius 1 is 1.30 bits per heavy atom. The summed E-state index contributed by atoms with van der Waals surface area (Å²) in [5.74, 6) is 1.18. The molecule has 0 bridgehead atoms. The first kappa shape index (κ1) is 13.4. The first-order valence-corrected chi connectivity index (χ1v) is 7.63. The topological polar surface area (TPSA) is 28.2 Å². The molecule has 1 aromatic heterocycles. The summed E-state index contributed by atoms with van der Waals surface area (Å²) in [7, 11) is 1.97. The van der Waals surface area contributed by atoms with Crippen LogP contribution in [-0.2, 0) is 6.54 Å². The van der Waals surface area contributed by atoms with Gasteiger partial charge in [-0.05, 0) is 37.8 Å². The maximum atomic E-state index is 4.93. The van der Waals surface area contributed by atoms with Gasteiger partial charge in [0.2, 0.25) is 0 Å². The molecule has 0 aliphatic heterocycles. The lowest BCUT2D eigenvalue weighted by molar-refractivity contribution is 0.740. The van der Waals surface area contributed by atoms with Crippen molar-refractivity contribution in [2.24, 2.45) is 0 Å². The molecule has 1 heterocycles. The first-order valence-electron chi connectivity index (χ1n) is 7.63. The van der Waals surface area contributed by atoms with Crippen LogP contribution in [0.1, 0.15) is 31.9 Å². The van der Waals surface area contributed by atoms with E-state index >= 15 is 0 Å². The molecule has 1 aliphatic rings. The number of pyridine rings is 1. The highest BCUT2D eigenvalue weighted by Crippen LogP contribution is 2.35. The third-order valence-corrected chi connectivity index (χ3v) is 3.86. The molecule has 1 saturated carbocycles. The number of anilines is 1. The predicted octanol–water partition coefficient (Wildman–Crippen LogP) is 3.33. The van der Waals surface area contributed by atoms with Gasteiger partial charge in [0, 0.05) is 24.5 Å². The predicted molar refractivity (Wildman–Crippen MR) is 85.2 cm³/mol. The van der Waals surface area contributed by atoms with Crippen LogP contribution in [0.5, 0.6) is 0 Å². The Kier molecular flexibility index (Phi) is 3.88. The summed E-state index contributed by atoms with van der Waals surface area (Å²) < 4.78 is 0. The van der Waals surface area contributed by atoms with Gasteiger partial charge in [0.25, 0.3) is 0 Å². The number of nitrogens with one attached hydrogen (secondary N) is 1. The molecule has 1 fully saturated rings. The highest BCUT2D eigenvalue weighted by atomic mass is 15.2. The van der Waals surface area contributed by atoms with Crippen LogP contribution in [0.25, 0.3) is 10.8 Å². The molecule has 1 aliphatic carbocycles. The SMILES string of the molecule is CCCN(c1nc(CNC)cc2ccccc12)C1CC1. The van der Waals surface area contributed by atoms with E-state index in [2.05, 4.69) is 47.5 Å². The van der Waals surface area contributed by atoms with Crippen molar-refractivity contribution in [2.45, 2.75) is 38.8 Å². The van der Waals surface area contributed by atoms with E-state index in [0.717, 1.165) is 18.8 Å². The molecule has 106 valence electrons. The van der Waals surface area contributed by atoms with E-state index in [1.54, 1.807) is 0 Å². The minimum atomic E-state index is 0.704. The highest BCUT2D eigenvalue weighted by Gasteiger charge is 2.30. The van der Waals surface area contributed by atoms with Gasteiger partial charge >= 0.3 is 0 Å². The molecular weight excluding hydrogens is 246 g/mol. The quantitative estimate of drug-likeness (QED) is 0.872. The Hall–Kier alpha value is -1.61. The second kappa shape index (κ2) is 5.80. The Balaban J connectivity index is 2.10. The Morgan fingerprint density at radius 3 is 2.80 bits per heavy atom. The number of aromatic nitrogens is 1. The van der Waals surface area contributed by atoms with Gasteiger partial charge in [0.05, 0.1) is 5.69 Å². The number of hydrogen-bond acceptors (Lipinski definition) is 3. The molecule has 0 atom stereocenters. The van der Waals surface area contributed by atoms with Crippen LogP contribution >= 0.6 is 0 Å². The minimum absolute atomic E-state index is 0.704. The van der Waals surface area contributed by atoms with Crippen LogP contribution < -0.4 is 10.2 Å². The van der Waals surface area contributed by atoms with Gasteiger partial charge < -0.3 is 10.2 Å². The summed E-state index contributed by atoms with van der Waals surface area (Å²) in [6.07, 6.45) is 3.79. The maximum Gasteiger partial charge on any atom is 0.137 e. The van der Waals surface area contributed by atoms with Crippen LogP contribution in [0.4, 0.5) is 5.82 Å². The fourth-order valence-electron chi connectivity index (χ4n) is 2.81. The standard InChI is InChI=1S/C17H23N3/c1-3-10-20(15-8-9-15)17-16-7-5-4-6-13(16)11-14(19-17)12-18-2/h4-7,11,15,18H,3,8-10,12H2,1-2H3. The second-order valence-electron chi connectivity index (χ2n) is 5.61. The molecular formula is C17H23N3. The highest BCUT2D eigenvalue weighted by molar-refractivity contribution is 5.92. The van der Waals surface area contributed by atoms with Crippen LogP contribution in [0.2, 0.25) is 0 Å². The third-order valence-electron chi connectivity index (χ3n) is 3.86. The fraction of sp³-hybridized carbons (Fsp3) is 0.471. The summed E-state index contributed by atoms with van der Waals surface area (Å²) >= 11 is 0. The number of rotatable bonds is 6. The molecule has 20 heavy (non-hydrogen) atoms. The number of fused-ring (bicyclic) bond motifs is 1. The second-order valence-corrected chi connectivity index (χ2v) is 5.61. The maximum absolute atomic E-state index is 4.93. The molecule has 0 unspecified atom stereocenters. The summed E-state index contributed by atoms with van der Waals surface area (Å²) in [6, 6.07) is 11.5. The number of nitrogens with zero attached hydrogens (tertiary/aromatic N) is 2. The Morgan fingerprint density at radius 2 is 2.10 bits per heavy atom. The van der Waals surface area contributed by atoms with Crippen molar-refractivity contribution in [1.82, 2.24) is 10.3 Å². The van der Waals surface area contributed by atoms with Crippen molar-refractivity contribution in [3.63, 3.8) is 0 Å². The molecule has 0 radical (unpaired) electrons. The van der Waals surface area contributed by atoms with Gasteiger partial charge in [-0.15, -0.1) is 0 Å². The first-order chi connectivity index (χ1) is 9.83. The van der Waals surface area contributed by atoms with Crippen LogP contribution in [0, 0.1) is 0 Å². The lowest BCUT2D eigenvalue weighted by Crippen LogP contribution is -2.28. The molecule has 0 amide bonds. The van der Waals surface area contributed by atoms with E-state index in [0.29, 0.717) is 6.04 Å². The Labute approximate surface area is 121 Å². The van der Waals surface area contributed by atoms with Gasteiger partial charge in [-0.2, -0.15) is 0 Å². The van der Waals surface area contributed by atoms with Crippen LogP contribution in [0.15, 0.2) is 30.3 Å². The summed E-state index contributed by atoms with van der Waals surface area (Å²) in [4.78, 5) is 7.45. The van der Waals surface area contributed by atoms with E-state index < -0.39 is 0 Å². The zero-order valence-corrected chi connectivity index (χ0v) is 12.4. The third kappa shape index (κ3) is 2.63. The van der Waals surface area contributed by atoms with Gasteiger partial charge in [0.1, 0.15) is 5.82 Å². The lowest BCUT2D eigenvalue weighted by atomic mass is 10.1. The fourth-order valence-corrected chi connectivity index (χ4v) is 2.81. The van der Waals surface area contributed by atoms with E-state index in [4.69, 9.17) is 4.98 Å². The smallest absolute Gasteiger partial charge is 0.137 e. The van der Waals surface area contributed by atoms with Gasteiger partial charge in [-0.25, -0.2) is 4.98 Å². The summed E-state index contributed by atoms with van der Waals surface area (Å²) in [6.45, 7) is 4.17. The van der Waals surface area contributed by atoms with Crippen LogP contribution in [-0.4, -0.2) is 24.6 Å². The number of benzene rings is 1. The van der Waals surface area contributed by atoms with E-state index in [9.17, 15) is 0 Å². The zero-order valence-electron chi connectivity index (χ0n) is 12.4. The molecule has 1 aromatic carbocycles.